The molecule has 2 aliphatic carbocycles. The van der Waals surface area contributed by atoms with Crippen molar-refractivity contribution in [3.8, 4) is 11.5 Å². The van der Waals surface area contributed by atoms with Gasteiger partial charge >= 0.3 is 0 Å². The molecule has 3 heteroatoms. The maximum Gasteiger partial charge on any atom is 0.127 e. The van der Waals surface area contributed by atoms with E-state index in [1.54, 1.807) is 14.2 Å². The number of nitrogens with one attached hydrogen (secondary N) is 1. The molecule has 0 heterocycles. The molecule has 1 N–H and O–H groups in total. The summed E-state index contributed by atoms with van der Waals surface area (Å²) < 4.78 is 10.9. The van der Waals surface area contributed by atoms with Crippen molar-refractivity contribution in [3.05, 3.63) is 23.8 Å². The van der Waals surface area contributed by atoms with E-state index in [0.29, 0.717) is 6.04 Å². The zero-order valence-corrected chi connectivity index (χ0v) is 13.4. The summed E-state index contributed by atoms with van der Waals surface area (Å²) in [6, 6.07) is 6.65. The maximum atomic E-state index is 5.63. The molecule has 21 heavy (non-hydrogen) atoms. The first kappa shape index (κ1) is 14.7. The van der Waals surface area contributed by atoms with Gasteiger partial charge in [-0.05, 0) is 56.0 Å². The van der Waals surface area contributed by atoms with E-state index in [9.17, 15) is 0 Å². The van der Waals surface area contributed by atoms with Crippen LogP contribution in [0.2, 0.25) is 0 Å². The van der Waals surface area contributed by atoms with E-state index in [0.717, 1.165) is 42.2 Å². The van der Waals surface area contributed by atoms with Gasteiger partial charge in [0.15, 0.2) is 0 Å². The minimum absolute atomic E-state index is 0.415. The molecular formula is C18H27NO2. The zero-order valence-electron chi connectivity index (χ0n) is 13.4. The first-order chi connectivity index (χ1) is 10.3. The summed E-state index contributed by atoms with van der Waals surface area (Å²) in [4.78, 5) is 0. The normalized spacial score (nSPS) is 28.0. The molecule has 116 valence electrons. The molecule has 2 aliphatic rings. The van der Waals surface area contributed by atoms with Gasteiger partial charge in [-0.1, -0.05) is 13.0 Å². The van der Waals surface area contributed by atoms with Crippen LogP contribution in [-0.2, 0) is 0 Å². The average Bonchev–Trinajstić information content (AvgIpc) is 3.14. The first-order valence-electron chi connectivity index (χ1n) is 8.22. The van der Waals surface area contributed by atoms with Gasteiger partial charge in [0.2, 0.25) is 0 Å². The molecule has 2 saturated carbocycles. The third-order valence-electron chi connectivity index (χ3n) is 5.14. The van der Waals surface area contributed by atoms with Crippen molar-refractivity contribution in [1.82, 2.24) is 5.32 Å². The lowest BCUT2D eigenvalue weighted by molar-refractivity contribution is 0.324. The highest BCUT2D eigenvalue weighted by molar-refractivity contribution is 5.43. The number of benzene rings is 1. The molecule has 1 aromatic carbocycles. The highest BCUT2D eigenvalue weighted by Gasteiger charge is 2.48. The van der Waals surface area contributed by atoms with Crippen molar-refractivity contribution in [2.75, 3.05) is 20.8 Å². The molecule has 0 aliphatic heterocycles. The summed E-state index contributed by atoms with van der Waals surface area (Å²) in [7, 11) is 3.45. The Morgan fingerprint density at radius 1 is 1.14 bits per heavy atom. The van der Waals surface area contributed by atoms with Crippen molar-refractivity contribution < 1.29 is 9.47 Å². The molecular weight excluding hydrogens is 262 g/mol. The summed E-state index contributed by atoms with van der Waals surface area (Å²) in [6.07, 6.45) is 5.38. The van der Waals surface area contributed by atoms with Crippen LogP contribution in [0, 0.1) is 17.8 Å². The van der Waals surface area contributed by atoms with E-state index in [2.05, 4.69) is 18.3 Å². The Morgan fingerprint density at radius 2 is 1.90 bits per heavy atom. The standard InChI is InChI=1S/C18H27NO2/c1-4-7-19-18(14-9-12-8-13(12)10-14)16-6-5-15(20-2)11-17(16)21-3/h5-6,11-14,18-19H,4,7-10H2,1-3H3. The molecule has 0 spiro atoms. The Labute approximate surface area is 128 Å². The smallest absolute Gasteiger partial charge is 0.127 e. The lowest BCUT2D eigenvalue weighted by Crippen LogP contribution is -2.29. The van der Waals surface area contributed by atoms with E-state index in [-0.39, 0.29) is 0 Å². The summed E-state index contributed by atoms with van der Waals surface area (Å²) in [5.41, 5.74) is 1.29. The van der Waals surface area contributed by atoms with Gasteiger partial charge in [-0.15, -0.1) is 0 Å². The van der Waals surface area contributed by atoms with Crippen LogP contribution in [0.15, 0.2) is 18.2 Å². The van der Waals surface area contributed by atoms with Crippen LogP contribution >= 0.6 is 0 Å². The predicted molar refractivity (Wildman–Crippen MR) is 84.9 cm³/mol. The number of ether oxygens (including phenoxy) is 2. The lowest BCUT2D eigenvalue weighted by Gasteiger charge is -2.28. The molecule has 3 rings (SSSR count). The summed E-state index contributed by atoms with van der Waals surface area (Å²) in [6.45, 7) is 3.28. The van der Waals surface area contributed by atoms with Crippen LogP contribution in [0.25, 0.3) is 0 Å². The SMILES string of the molecule is CCCNC(c1ccc(OC)cc1OC)C1CC2CC2C1. The Morgan fingerprint density at radius 3 is 2.52 bits per heavy atom. The second-order valence-corrected chi connectivity index (χ2v) is 6.53. The van der Waals surface area contributed by atoms with Crippen LogP contribution in [0.5, 0.6) is 11.5 Å². The minimum atomic E-state index is 0.415. The van der Waals surface area contributed by atoms with Crippen LogP contribution in [0.4, 0.5) is 0 Å². The average molecular weight is 289 g/mol. The van der Waals surface area contributed by atoms with Gasteiger partial charge in [0, 0.05) is 17.7 Å². The van der Waals surface area contributed by atoms with E-state index in [1.165, 1.54) is 24.8 Å². The van der Waals surface area contributed by atoms with Crippen molar-refractivity contribution >= 4 is 0 Å². The quantitative estimate of drug-likeness (QED) is 0.828. The van der Waals surface area contributed by atoms with Gasteiger partial charge in [0.05, 0.1) is 14.2 Å². The van der Waals surface area contributed by atoms with Gasteiger partial charge in [0.1, 0.15) is 11.5 Å². The van der Waals surface area contributed by atoms with E-state index < -0.39 is 0 Å². The Kier molecular flexibility index (Phi) is 4.39. The fourth-order valence-electron chi connectivity index (χ4n) is 3.94. The van der Waals surface area contributed by atoms with E-state index in [1.807, 2.05) is 12.1 Å². The van der Waals surface area contributed by atoms with Crippen LogP contribution in [0.3, 0.4) is 0 Å². The van der Waals surface area contributed by atoms with Crippen LogP contribution in [-0.4, -0.2) is 20.8 Å². The molecule has 0 radical (unpaired) electrons. The minimum Gasteiger partial charge on any atom is -0.497 e. The first-order valence-corrected chi connectivity index (χ1v) is 8.22. The number of hydrogen-bond acceptors (Lipinski definition) is 3. The predicted octanol–water partition coefficient (Wildman–Crippen LogP) is 3.79. The third kappa shape index (κ3) is 3.03. The Hall–Kier alpha value is -1.22. The largest absolute Gasteiger partial charge is 0.497 e. The summed E-state index contributed by atoms with van der Waals surface area (Å²) in [5.74, 6) is 4.57. The maximum absolute atomic E-state index is 5.63. The van der Waals surface area contributed by atoms with Crippen LogP contribution in [0.1, 0.15) is 44.2 Å². The molecule has 0 saturated heterocycles. The fourth-order valence-corrected chi connectivity index (χ4v) is 3.94. The Bertz CT molecular complexity index is 478. The molecule has 1 aromatic rings. The van der Waals surface area contributed by atoms with Crippen molar-refractivity contribution in [1.29, 1.82) is 0 Å². The molecule has 3 nitrogen and oxygen atoms in total. The van der Waals surface area contributed by atoms with Gasteiger partial charge in [-0.2, -0.15) is 0 Å². The lowest BCUT2D eigenvalue weighted by atomic mass is 9.88. The number of hydrogen-bond donors (Lipinski definition) is 1. The molecule has 0 amide bonds. The topological polar surface area (TPSA) is 30.5 Å². The molecule has 0 aromatic heterocycles. The molecule has 0 bridgehead atoms. The Balaban J connectivity index is 1.84. The van der Waals surface area contributed by atoms with Crippen LogP contribution < -0.4 is 14.8 Å². The zero-order chi connectivity index (χ0) is 14.8. The van der Waals surface area contributed by atoms with E-state index >= 15 is 0 Å². The van der Waals surface area contributed by atoms with Gasteiger partial charge < -0.3 is 14.8 Å². The van der Waals surface area contributed by atoms with Crippen molar-refractivity contribution in [3.63, 3.8) is 0 Å². The van der Waals surface area contributed by atoms with Gasteiger partial charge in [-0.3, -0.25) is 0 Å². The van der Waals surface area contributed by atoms with E-state index in [4.69, 9.17) is 9.47 Å². The second-order valence-electron chi connectivity index (χ2n) is 6.53. The highest BCUT2D eigenvalue weighted by Crippen LogP contribution is 2.57. The van der Waals surface area contributed by atoms with Crippen molar-refractivity contribution in [2.45, 2.75) is 38.6 Å². The fraction of sp³-hybridized carbons (Fsp3) is 0.667. The molecule has 3 atom stereocenters. The summed E-state index contributed by atoms with van der Waals surface area (Å²) in [5, 5.41) is 3.76. The van der Waals surface area contributed by atoms with Gasteiger partial charge in [0.25, 0.3) is 0 Å². The second kappa shape index (κ2) is 6.27. The molecule has 2 fully saturated rings. The third-order valence-corrected chi connectivity index (χ3v) is 5.14. The number of fused-ring (bicyclic) bond motifs is 1. The highest BCUT2D eigenvalue weighted by atomic mass is 16.5. The number of rotatable bonds is 7. The van der Waals surface area contributed by atoms with Crippen molar-refractivity contribution in [2.24, 2.45) is 17.8 Å². The summed E-state index contributed by atoms with van der Waals surface area (Å²) >= 11 is 0. The molecule has 3 unspecified atom stereocenters. The monoisotopic (exact) mass is 289 g/mol. The van der Waals surface area contributed by atoms with Gasteiger partial charge in [-0.25, -0.2) is 0 Å². The number of methoxy groups -OCH3 is 2.